The van der Waals surface area contributed by atoms with Gasteiger partial charge in [0.1, 0.15) is 0 Å². The smallest absolute Gasteiger partial charge is 0.223 e. The molecule has 400 valence electrons. The van der Waals surface area contributed by atoms with E-state index in [-0.39, 0.29) is 17.7 Å². The molecule has 2 unspecified atom stereocenters. The van der Waals surface area contributed by atoms with Crippen LogP contribution in [0.4, 0.5) is 0 Å². The van der Waals surface area contributed by atoms with Gasteiger partial charge in [0.15, 0.2) is 0 Å². The van der Waals surface area contributed by atoms with E-state index in [1.807, 2.05) is 4.90 Å². The molecule has 1 heterocycles. The third-order valence-electron chi connectivity index (χ3n) is 17.9. The van der Waals surface area contributed by atoms with Crippen LogP contribution in [-0.2, 0) is 24.0 Å². The van der Waals surface area contributed by atoms with Crippen LogP contribution in [0.2, 0.25) is 0 Å². The number of hydrogen-bond acceptors (Lipinski definition) is 5. The molecule has 7 fully saturated rings. The van der Waals surface area contributed by atoms with Crippen molar-refractivity contribution in [1.29, 1.82) is 0 Å². The number of piperidine rings is 1. The fourth-order valence-electron chi connectivity index (χ4n) is 11.8. The molecule has 10 nitrogen and oxygen atoms in total. The van der Waals surface area contributed by atoms with Gasteiger partial charge < -0.3 is 26.2 Å². The van der Waals surface area contributed by atoms with E-state index in [2.05, 4.69) is 97.4 Å². The van der Waals surface area contributed by atoms with Gasteiger partial charge in [-0.2, -0.15) is 0 Å². The van der Waals surface area contributed by atoms with Crippen molar-refractivity contribution < 1.29 is 24.0 Å². The van der Waals surface area contributed by atoms with Gasteiger partial charge in [0.2, 0.25) is 29.5 Å². The van der Waals surface area contributed by atoms with Gasteiger partial charge in [0, 0.05) is 69.9 Å². The van der Waals surface area contributed by atoms with Crippen LogP contribution in [0.5, 0.6) is 0 Å². The zero-order valence-electron chi connectivity index (χ0n) is 47.1. The second kappa shape index (κ2) is 31.1. The Balaban J connectivity index is 0.000000229. The van der Waals surface area contributed by atoms with Crippen LogP contribution in [-0.4, -0.2) is 72.7 Å². The van der Waals surface area contributed by atoms with Crippen molar-refractivity contribution in [2.45, 2.75) is 243 Å². The molecular weight excluding hydrogens is 859 g/mol. The van der Waals surface area contributed by atoms with Crippen LogP contribution < -0.4 is 21.3 Å². The number of amides is 5. The summed E-state index contributed by atoms with van der Waals surface area (Å²) in [6.07, 6.45) is 24.9. The first-order chi connectivity index (χ1) is 32.6. The largest absolute Gasteiger partial charge is 0.359 e. The molecule has 1 aliphatic heterocycles. The minimum Gasteiger partial charge on any atom is -0.359 e. The van der Waals surface area contributed by atoms with Gasteiger partial charge in [0.25, 0.3) is 0 Å². The Labute approximate surface area is 424 Å². The number of nitrogens with zero attached hydrogens (tertiary/aromatic N) is 1. The molecule has 0 aromatic heterocycles. The predicted molar refractivity (Wildman–Crippen MR) is 286 cm³/mol. The van der Waals surface area contributed by atoms with E-state index >= 15 is 0 Å². The second-order valence-corrected chi connectivity index (χ2v) is 24.9. The van der Waals surface area contributed by atoms with Crippen molar-refractivity contribution in [3.63, 3.8) is 0 Å². The van der Waals surface area contributed by atoms with Crippen molar-refractivity contribution >= 4 is 29.5 Å². The quantitative estimate of drug-likeness (QED) is 0.163. The molecule has 0 aromatic rings. The standard InChI is InChI=1S/C14H25NO.C13H23NO.2C11H21NO.C10H19NO/c1-9(2)11-4-6-12(7-5-11)14(16)15-13-8-10(13)3;1-9(2)10-3-5-11(6-4-10)13(15)14-12-7-8-12;1-8(2)9-4-6-10(7-5-9)11(13)12-3;1-8(2)10-4-6-11(7-5-10)12-9(3)13;1-8(2)10-4-6-11(7-5-10)9(3)12/h9-13H,4-8H2,1-3H3,(H,15,16);9-12H,3-8H2,1-2H3,(H,14,15);8-10H,4-7H2,1-3H3,(H,12,13);8,10-11H,4-7H2,1-3H3,(H,12,13);8,10H,4-7H2,1-3H3. The average molecular weight is 969 g/mol. The lowest BCUT2D eigenvalue weighted by atomic mass is 9.77. The number of hydrogen-bond donors (Lipinski definition) is 4. The highest BCUT2D eigenvalue weighted by molar-refractivity contribution is 5.80. The highest BCUT2D eigenvalue weighted by Gasteiger charge is 2.37. The maximum atomic E-state index is 12.0. The van der Waals surface area contributed by atoms with Gasteiger partial charge in [-0.15, -0.1) is 0 Å². The van der Waals surface area contributed by atoms with E-state index < -0.39 is 0 Å². The fraction of sp³-hybridized carbons (Fsp3) is 0.915. The molecule has 1 saturated heterocycles. The van der Waals surface area contributed by atoms with E-state index in [1.54, 1.807) is 20.9 Å². The molecule has 0 bridgehead atoms. The number of carbonyl (C=O) groups excluding carboxylic acids is 5. The van der Waals surface area contributed by atoms with Crippen molar-refractivity contribution in [2.75, 3.05) is 20.1 Å². The third kappa shape index (κ3) is 23.2. The summed E-state index contributed by atoms with van der Waals surface area (Å²) in [6, 6.07) is 1.48. The Morgan fingerprint density at radius 2 is 0.696 bits per heavy atom. The Morgan fingerprint density at radius 3 is 0.986 bits per heavy atom. The molecule has 7 aliphatic rings. The molecule has 7 rings (SSSR count). The lowest BCUT2D eigenvalue weighted by Crippen LogP contribution is -2.38. The van der Waals surface area contributed by atoms with Crippen LogP contribution in [0.1, 0.15) is 225 Å². The molecule has 0 radical (unpaired) electrons. The molecule has 2 atom stereocenters. The fourth-order valence-corrected chi connectivity index (χ4v) is 11.8. The van der Waals surface area contributed by atoms with Gasteiger partial charge in [-0.25, -0.2) is 0 Å². The second-order valence-electron chi connectivity index (χ2n) is 24.9. The zero-order valence-corrected chi connectivity index (χ0v) is 47.1. The maximum Gasteiger partial charge on any atom is 0.223 e. The summed E-state index contributed by atoms with van der Waals surface area (Å²) in [5.41, 5.74) is 0. The minimum absolute atomic E-state index is 0.119. The van der Waals surface area contributed by atoms with Gasteiger partial charge in [0.05, 0.1) is 0 Å². The van der Waals surface area contributed by atoms with Crippen LogP contribution >= 0.6 is 0 Å². The molecule has 4 N–H and O–H groups in total. The molecule has 0 aromatic carbocycles. The van der Waals surface area contributed by atoms with Crippen molar-refractivity contribution in [3.05, 3.63) is 0 Å². The normalized spacial score (nSPS) is 30.2. The van der Waals surface area contributed by atoms with Gasteiger partial charge in [-0.05, 0) is 200 Å². The predicted octanol–water partition coefficient (Wildman–Crippen LogP) is 12.1. The Hall–Kier alpha value is -2.65. The third-order valence-corrected chi connectivity index (χ3v) is 17.9. The highest BCUT2D eigenvalue weighted by Crippen LogP contribution is 2.37. The maximum absolute atomic E-state index is 12.0. The number of rotatable bonds is 11. The SMILES string of the molecule is CC(=O)N1CCC(C(C)C)CC1.CC(=O)NC1CCC(C(C)C)CC1.CC(C)C1CCC(C(=O)NC2CC2)CC1.CC(C)C1CCC(C(=O)NC2CC2C)CC1.CNC(=O)C1CCC(C(C)C)CC1. The van der Waals surface area contributed by atoms with Crippen LogP contribution in [0.3, 0.4) is 0 Å². The summed E-state index contributed by atoms with van der Waals surface area (Å²) in [7, 11) is 1.73. The Morgan fingerprint density at radius 1 is 0.406 bits per heavy atom. The van der Waals surface area contributed by atoms with E-state index in [4.69, 9.17) is 0 Å². The summed E-state index contributed by atoms with van der Waals surface area (Å²) in [5, 5.41) is 12.0. The molecule has 6 saturated carbocycles. The van der Waals surface area contributed by atoms with Gasteiger partial charge in [-0.1, -0.05) is 76.2 Å². The first-order valence-corrected chi connectivity index (χ1v) is 28.9. The lowest BCUT2D eigenvalue weighted by Gasteiger charge is -2.33. The van der Waals surface area contributed by atoms with Crippen molar-refractivity contribution in [2.24, 2.45) is 82.9 Å². The monoisotopic (exact) mass is 968 g/mol. The van der Waals surface area contributed by atoms with Crippen molar-refractivity contribution in [3.8, 4) is 0 Å². The van der Waals surface area contributed by atoms with Gasteiger partial charge in [-0.3, -0.25) is 24.0 Å². The van der Waals surface area contributed by atoms with Crippen LogP contribution in [0.15, 0.2) is 0 Å². The molecular formula is C59H109N5O5. The van der Waals surface area contributed by atoms with E-state index in [1.165, 1.54) is 96.3 Å². The van der Waals surface area contributed by atoms with Crippen molar-refractivity contribution in [1.82, 2.24) is 26.2 Å². The summed E-state index contributed by atoms with van der Waals surface area (Å²) in [6.45, 7) is 30.3. The topological polar surface area (TPSA) is 137 Å². The number of carbonyl (C=O) groups is 5. The lowest BCUT2D eigenvalue weighted by molar-refractivity contribution is -0.130. The van der Waals surface area contributed by atoms with Gasteiger partial charge >= 0.3 is 0 Å². The zero-order chi connectivity index (χ0) is 51.4. The summed E-state index contributed by atoms with van der Waals surface area (Å²) >= 11 is 0. The summed E-state index contributed by atoms with van der Waals surface area (Å²) < 4.78 is 0. The minimum atomic E-state index is 0.119. The molecule has 6 aliphatic carbocycles. The highest BCUT2D eigenvalue weighted by atomic mass is 16.2. The number of likely N-dealkylation sites (tertiary alicyclic amines) is 1. The van der Waals surface area contributed by atoms with E-state index in [9.17, 15) is 24.0 Å². The summed E-state index contributed by atoms with van der Waals surface area (Å²) in [5.74, 6) is 11.1. The molecule has 10 heteroatoms. The Kier molecular flexibility index (Phi) is 27.3. The molecule has 69 heavy (non-hydrogen) atoms. The first-order valence-electron chi connectivity index (χ1n) is 28.9. The van der Waals surface area contributed by atoms with Crippen LogP contribution in [0, 0.1) is 82.9 Å². The average Bonchev–Trinajstić information content (AvgIpc) is 4.28. The molecule has 0 spiro atoms. The summed E-state index contributed by atoms with van der Waals surface area (Å²) in [4.78, 5) is 58.9. The Bertz CT molecular complexity index is 1490. The first kappa shape index (κ1) is 60.7. The molecule has 5 amide bonds. The van der Waals surface area contributed by atoms with E-state index in [0.29, 0.717) is 47.7 Å². The number of nitrogens with one attached hydrogen (secondary N) is 4. The van der Waals surface area contributed by atoms with E-state index in [0.717, 1.165) is 117 Å². The van der Waals surface area contributed by atoms with Crippen LogP contribution in [0.25, 0.3) is 0 Å².